The first-order valence-electron chi connectivity index (χ1n) is 11.3. The predicted molar refractivity (Wildman–Crippen MR) is 135 cm³/mol. The normalized spacial score (nSPS) is 11.6. The van der Waals surface area contributed by atoms with Gasteiger partial charge in [-0.1, -0.05) is 36.4 Å². The van der Waals surface area contributed by atoms with E-state index in [-0.39, 0.29) is 22.8 Å². The second-order valence-electron chi connectivity index (χ2n) is 7.91. The molecule has 3 heterocycles. The lowest BCUT2D eigenvalue weighted by molar-refractivity contribution is 0.299. The van der Waals surface area contributed by atoms with Crippen LogP contribution >= 0.6 is 0 Å². The fraction of sp³-hybridized carbons (Fsp3) is 0.115. The van der Waals surface area contributed by atoms with Gasteiger partial charge in [0.1, 0.15) is 40.9 Å². The van der Waals surface area contributed by atoms with Crippen LogP contribution in [0.4, 0.5) is 11.6 Å². The largest absolute Gasteiger partial charge is 0.494 e. The molecule has 0 saturated heterocycles. The Morgan fingerprint density at radius 1 is 1.03 bits per heavy atom. The predicted octanol–water partition coefficient (Wildman–Crippen LogP) is 3.35. The lowest BCUT2D eigenvalue weighted by Gasteiger charge is -2.23. The van der Waals surface area contributed by atoms with Gasteiger partial charge in [0.2, 0.25) is 0 Å². The average Bonchev–Trinajstić information content (AvgIpc) is 3.39. The molecular formula is C26H22N8O2. The molecule has 1 atom stereocenters. The first kappa shape index (κ1) is 22.6. The summed E-state index contributed by atoms with van der Waals surface area (Å²) in [6.07, 6.45) is 3.40. The van der Waals surface area contributed by atoms with Gasteiger partial charge in [-0.15, -0.1) is 0 Å². The number of para-hydroxylation sites is 2. The second-order valence-corrected chi connectivity index (χ2v) is 7.91. The number of anilines is 2. The molecule has 0 aliphatic rings. The molecule has 5 aromatic rings. The maximum atomic E-state index is 13.6. The van der Waals surface area contributed by atoms with Crippen molar-refractivity contribution in [3.05, 3.63) is 107 Å². The highest BCUT2D eigenvalue weighted by molar-refractivity contribution is 5.62. The van der Waals surface area contributed by atoms with Crippen molar-refractivity contribution < 1.29 is 4.74 Å². The number of nitrogens with zero attached hydrogens (tertiary/aromatic N) is 6. The maximum Gasteiger partial charge on any atom is 0.282 e. The highest BCUT2D eigenvalue weighted by atomic mass is 16.5. The molecule has 10 heteroatoms. The first-order valence-corrected chi connectivity index (χ1v) is 11.3. The third-order valence-corrected chi connectivity index (χ3v) is 5.63. The van der Waals surface area contributed by atoms with Gasteiger partial charge < -0.3 is 15.8 Å². The second kappa shape index (κ2) is 9.99. The van der Waals surface area contributed by atoms with Gasteiger partial charge >= 0.3 is 0 Å². The van der Waals surface area contributed by atoms with Crippen LogP contribution in [-0.2, 0) is 0 Å². The summed E-state index contributed by atoms with van der Waals surface area (Å²) in [6.45, 7) is 0.304. The summed E-state index contributed by atoms with van der Waals surface area (Å²) in [5.41, 5.74) is 6.90. The fourth-order valence-electron chi connectivity index (χ4n) is 3.92. The van der Waals surface area contributed by atoms with Crippen LogP contribution in [0.3, 0.4) is 0 Å². The zero-order valence-electron chi connectivity index (χ0n) is 19.2. The van der Waals surface area contributed by atoms with Crippen molar-refractivity contribution in [2.24, 2.45) is 0 Å². The van der Waals surface area contributed by atoms with Gasteiger partial charge in [-0.3, -0.25) is 9.36 Å². The number of hydrogen-bond acceptors (Lipinski definition) is 8. The fourth-order valence-corrected chi connectivity index (χ4v) is 3.92. The van der Waals surface area contributed by atoms with E-state index in [4.69, 9.17) is 15.6 Å². The molecule has 1 unspecified atom stereocenters. The number of rotatable bonds is 8. The van der Waals surface area contributed by atoms with Crippen LogP contribution in [0.25, 0.3) is 11.2 Å². The molecule has 178 valence electrons. The molecule has 0 radical (unpaired) electrons. The van der Waals surface area contributed by atoms with Crippen molar-refractivity contribution in [1.29, 1.82) is 5.26 Å². The third kappa shape index (κ3) is 4.45. The van der Waals surface area contributed by atoms with E-state index in [1.807, 2.05) is 66.7 Å². The van der Waals surface area contributed by atoms with Crippen molar-refractivity contribution in [3.8, 4) is 17.5 Å². The molecule has 0 amide bonds. The molecule has 3 N–H and O–H groups in total. The molecule has 0 aliphatic carbocycles. The van der Waals surface area contributed by atoms with Gasteiger partial charge in [0.15, 0.2) is 5.82 Å². The number of benzene rings is 2. The average molecular weight is 479 g/mol. The van der Waals surface area contributed by atoms with Crippen LogP contribution in [0.15, 0.2) is 90.1 Å². The summed E-state index contributed by atoms with van der Waals surface area (Å²) in [4.78, 5) is 21.7. The number of nitriles is 1. The van der Waals surface area contributed by atoms with E-state index < -0.39 is 6.04 Å². The summed E-state index contributed by atoms with van der Waals surface area (Å²) < 4.78 is 9.05. The van der Waals surface area contributed by atoms with E-state index in [0.29, 0.717) is 30.1 Å². The number of nitrogen functional groups attached to an aromatic ring is 1. The van der Waals surface area contributed by atoms with Gasteiger partial charge in [0, 0.05) is 12.6 Å². The standard InChI is InChI=1S/C26H22N8O2/c27-16-20-23(28)29-17-30-24(20)31-21(13-15-36-19-10-5-2-6-11-19)25-32-33-14-7-12-22(33)26(35)34(25)18-8-3-1-4-9-18/h1-12,14,17,21H,13,15H2,(H3,28,29,30,31). The van der Waals surface area contributed by atoms with Gasteiger partial charge in [0.25, 0.3) is 5.56 Å². The van der Waals surface area contributed by atoms with Gasteiger partial charge in [-0.2, -0.15) is 10.4 Å². The summed E-state index contributed by atoms with van der Waals surface area (Å²) in [5.74, 6) is 1.45. The van der Waals surface area contributed by atoms with Crippen molar-refractivity contribution in [2.75, 3.05) is 17.7 Å². The molecule has 2 aromatic carbocycles. The molecule has 0 bridgehead atoms. The Hall–Kier alpha value is -5.17. The molecule has 0 fully saturated rings. The van der Waals surface area contributed by atoms with E-state index in [0.717, 1.165) is 5.75 Å². The van der Waals surface area contributed by atoms with E-state index >= 15 is 0 Å². The van der Waals surface area contributed by atoms with Gasteiger partial charge in [0.05, 0.1) is 18.3 Å². The van der Waals surface area contributed by atoms with Crippen LogP contribution in [0, 0.1) is 11.3 Å². The van der Waals surface area contributed by atoms with Crippen LogP contribution in [0.5, 0.6) is 5.75 Å². The van der Waals surface area contributed by atoms with Crippen molar-refractivity contribution in [3.63, 3.8) is 0 Å². The third-order valence-electron chi connectivity index (χ3n) is 5.63. The molecule has 0 saturated carbocycles. The Kier molecular flexibility index (Phi) is 6.27. The number of hydrogen-bond donors (Lipinski definition) is 2. The zero-order valence-corrected chi connectivity index (χ0v) is 19.2. The number of aromatic nitrogens is 5. The molecule has 10 nitrogen and oxygen atoms in total. The lowest BCUT2D eigenvalue weighted by atomic mass is 10.1. The van der Waals surface area contributed by atoms with Crippen molar-refractivity contribution in [2.45, 2.75) is 12.5 Å². The Morgan fingerprint density at radius 3 is 2.53 bits per heavy atom. The van der Waals surface area contributed by atoms with Crippen molar-refractivity contribution in [1.82, 2.24) is 24.1 Å². The molecule has 36 heavy (non-hydrogen) atoms. The quantitative estimate of drug-likeness (QED) is 0.346. The Morgan fingerprint density at radius 2 is 1.78 bits per heavy atom. The van der Waals surface area contributed by atoms with Gasteiger partial charge in [-0.05, 0) is 36.4 Å². The summed E-state index contributed by atoms with van der Waals surface area (Å²) in [7, 11) is 0. The van der Waals surface area contributed by atoms with Crippen molar-refractivity contribution >= 4 is 17.2 Å². The summed E-state index contributed by atoms with van der Waals surface area (Å²) in [6, 6.07) is 23.7. The Balaban J connectivity index is 1.61. The van der Waals surface area contributed by atoms with Crippen LogP contribution < -0.4 is 21.3 Å². The molecule has 0 spiro atoms. The van der Waals surface area contributed by atoms with Gasteiger partial charge in [-0.25, -0.2) is 14.5 Å². The minimum atomic E-state index is -0.574. The van der Waals surface area contributed by atoms with Crippen LogP contribution in [0.1, 0.15) is 23.9 Å². The minimum absolute atomic E-state index is 0.0588. The lowest BCUT2D eigenvalue weighted by Crippen LogP contribution is -2.31. The Bertz CT molecular complexity index is 1590. The van der Waals surface area contributed by atoms with E-state index in [2.05, 4.69) is 15.3 Å². The van der Waals surface area contributed by atoms with E-state index in [1.54, 1.807) is 27.4 Å². The zero-order chi connectivity index (χ0) is 24.9. The highest BCUT2D eigenvalue weighted by Gasteiger charge is 2.24. The minimum Gasteiger partial charge on any atom is -0.494 e. The number of nitrogens with one attached hydrogen (secondary N) is 1. The smallest absolute Gasteiger partial charge is 0.282 e. The van der Waals surface area contributed by atoms with Crippen LogP contribution in [-0.4, -0.2) is 30.8 Å². The first-order chi connectivity index (χ1) is 17.7. The molecular weight excluding hydrogens is 456 g/mol. The molecule has 3 aromatic heterocycles. The van der Waals surface area contributed by atoms with E-state index in [9.17, 15) is 10.1 Å². The SMILES string of the molecule is N#Cc1c(N)ncnc1NC(CCOc1ccccc1)c1nn2cccc2c(=O)n1-c1ccccc1. The Labute approximate surface area is 206 Å². The highest BCUT2D eigenvalue weighted by Crippen LogP contribution is 2.26. The number of fused-ring (bicyclic) bond motifs is 1. The summed E-state index contributed by atoms with van der Waals surface area (Å²) in [5, 5.41) is 17.7. The topological polar surface area (TPSA) is 136 Å². The number of ether oxygens (including phenoxy) is 1. The monoisotopic (exact) mass is 478 g/mol. The maximum absolute atomic E-state index is 13.6. The molecule has 5 rings (SSSR count). The number of nitrogens with two attached hydrogens (primary N) is 1. The van der Waals surface area contributed by atoms with E-state index in [1.165, 1.54) is 6.33 Å². The molecule has 0 aliphatic heterocycles. The van der Waals surface area contributed by atoms with Crippen LogP contribution in [0.2, 0.25) is 0 Å². The summed E-state index contributed by atoms with van der Waals surface area (Å²) >= 11 is 0.